The molecule has 1 N–H and O–H groups in total. The van der Waals surface area contributed by atoms with Crippen LogP contribution in [0.1, 0.15) is 51.7 Å². The van der Waals surface area contributed by atoms with Crippen LogP contribution in [0.15, 0.2) is 77.7 Å². The van der Waals surface area contributed by atoms with E-state index >= 15 is 0 Å². The summed E-state index contributed by atoms with van der Waals surface area (Å²) in [6.07, 6.45) is 1.04. The first kappa shape index (κ1) is 32.9. The SMILES string of the molecule is CCOc1ccccc1N(CC(=O)N(Cc1ccccc1Cl)[C@H](CC)C(=O)N[C@H](C)CC)S(=O)(=O)c1ccc(C)cc1. The van der Waals surface area contributed by atoms with Crippen molar-refractivity contribution in [3.63, 3.8) is 0 Å². The van der Waals surface area contributed by atoms with Crippen LogP contribution in [0.25, 0.3) is 0 Å². The maximum Gasteiger partial charge on any atom is 0.264 e. The molecule has 8 nitrogen and oxygen atoms in total. The van der Waals surface area contributed by atoms with Crippen LogP contribution in [0.2, 0.25) is 5.02 Å². The number of benzene rings is 3. The number of carbonyl (C=O) groups excluding carboxylic acids is 2. The van der Waals surface area contributed by atoms with Gasteiger partial charge in [-0.05, 0) is 69.5 Å². The van der Waals surface area contributed by atoms with E-state index in [4.69, 9.17) is 16.3 Å². The molecule has 0 radical (unpaired) electrons. The normalized spacial score (nSPS) is 12.7. The topological polar surface area (TPSA) is 96.0 Å². The lowest BCUT2D eigenvalue weighted by Crippen LogP contribution is -2.53. The van der Waals surface area contributed by atoms with Gasteiger partial charge in [-0.25, -0.2) is 8.42 Å². The third-order valence-electron chi connectivity index (χ3n) is 7.01. The summed E-state index contributed by atoms with van der Waals surface area (Å²) in [5.41, 5.74) is 1.77. The highest BCUT2D eigenvalue weighted by molar-refractivity contribution is 7.92. The minimum Gasteiger partial charge on any atom is -0.492 e. The molecule has 0 unspecified atom stereocenters. The van der Waals surface area contributed by atoms with Crippen molar-refractivity contribution in [3.05, 3.63) is 88.9 Å². The van der Waals surface area contributed by atoms with E-state index in [1.165, 1.54) is 17.0 Å². The first-order chi connectivity index (χ1) is 20.0. The number of amides is 2. The van der Waals surface area contributed by atoms with Crippen LogP contribution in [0, 0.1) is 6.92 Å². The highest BCUT2D eigenvalue weighted by Crippen LogP contribution is 2.33. The van der Waals surface area contributed by atoms with Gasteiger partial charge in [0.05, 0.1) is 17.2 Å². The maximum atomic E-state index is 14.3. The Morgan fingerprint density at radius 3 is 2.19 bits per heavy atom. The summed E-state index contributed by atoms with van der Waals surface area (Å²) in [6.45, 7) is 9.11. The predicted molar refractivity (Wildman–Crippen MR) is 167 cm³/mol. The Bertz CT molecular complexity index is 1460. The van der Waals surface area contributed by atoms with Crippen molar-refractivity contribution in [2.45, 2.75) is 71.0 Å². The summed E-state index contributed by atoms with van der Waals surface area (Å²) < 4.78 is 35.1. The smallest absolute Gasteiger partial charge is 0.264 e. The van der Waals surface area contributed by atoms with Crippen molar-refractivity contribution in [3.8, 4) is 5.75 Å². The highest BCUT2D eigenvalue weighted by atomic mass is 35.5. The van der Waals surface area contributed by atoms with Crippen LogP contribution in [-0.2, 0) is 26.2 Å². The number of halogens is 1. The molecule has 0 aliphatic heterocycles. The summed E-state index contributed by atoms with van der Waals surface area (Å²) in [6, 6.07) is 19.3. The van der Waals surface area contributed by atoms with E-state index in [1.807, 2.05) is 27.7 Å². The molecule has 42 heavy (non-hydrogen) atoms. The molecule has 0 aliphatic carbocycles. The first-order valence-electron chi connectivity index (χ1n) is 14.2. The Morgan fingerprint density at radius 1 is 0.929 bits per heavy atom. The molecule has 3 aromatic carbocycles. The third kappa shape index (κ3) is 8.04. The second-order valence-electron chi connectivity index (χ2n) is 10.1. The number of hydrogen-bond acceptors (Lipinski definition) is 5. The van der Waals surface area contributed by atoms with E-state index < -0.39 is 28.5 Å². The molecule has 0 saturated heterocycles. The van der Waals surface area contributed by atoms with E-state index in [0.717, 1.165) is 16.3 Å². The molecule has 0 heterocycles. The molecule has 0 bridgehead atoms. The number of ether oxygens (including phenoxy) is 1. The molecule has 2 amide bonds. The molecule has 2 atom stereocenters. The Labute approximate surface area is 254 Å². The molecule has 0 aromatic heterocycles. The molecular formula is C32H40ClN3O5S. The van der Waals surface area contributed by atoms with Crippen molar-refractivity contribution in [1.82, 2.24) is 10.2 Å². The van der Waals surface area contributed by atoms with E-state index in [1.54, 1.807) is 67.6 Å². The van der Waals surface area contributed by atoms with Gasteiger partial charge in [0.25, 0.3) is 10.0 Å². The summed E-state index contributed by atoms with van der Waals surface area (Å²) in [5.74, 6) is -0.541. The van der Waals surface area contributed by atoms with Gasteiger partial charge in [-0.3, -0.25) is 13.9 Å². The van der Waals surface area contributed by atoms with Crippen molar-refractivity contribution < 1.29 is 22.7 Å². The largest absolute Gasteiger partial charge is 0.492 e. The fourth-order valence-corrected chi connectivity index (χ4v) is 6.08. The van der Waals surface area contributed by atoms with Crippen LogP contribution >= 0.6 is 11.6 Å². The number of nitrogens with one attached hydrogen (secondary N) is 1. The molecule has 0 saturated carbocycles. The highest BCUT2D eigenvalue weighted by Gasteiger charge is 2.35. The molecule has 3 aromatic rings. The number of para-hydroxylation sites is 2. The molecule has 0 spiro atoms. The van der Waals surface area contributed by atoms with E-state index in [-0.39, 0.29) is 29.1 Å². The quantitative estimate of drug-likeness (QED) is 0.242. The Morgan fingerprint density at radius 2 is 1.57 bits per heavy atom. The standard InChI is InChI=1S/C32H40ClN3O5S/c1-6-24(5)34-32(38)28(7-2)35(21-25-13-9-10-14-27(25)33)31(37)22-36(29-15-11-12-16-30(29)41-8-3)42(39,40)26-19-17-23(4)18-20-26/h9-20,24,28H,6-8,21-22H2,1-5H3,(H,34,38)/t24-,28-/m1/s1. The van der Waals surface area contributed by atoms with Gasteiger partial charge in [-0.2, -0.15) is 0 Å². The van der Waals surface area contributed by atoms with Crippen molar-refractivity contribution >= 4 is 39.1 Å². The first-order valence-corrected chi connectivity index (χ1v) is 16.0. The molecule has 226 valence electrons. The van der Waals surface area contributed by atoms with Gasteiger partial charge in [0.15, 0.2) is 0 Å². The number of rotatable bonds is 14. The van der Waals surface area contributed by atoms with Crippen molar-refractivity contribution in [2.75, 3.05) is 17.5 Å². The zero-order chi connectivity index (χ0) is 30.9. The number of aryl methyl sites for hydroxylation is 1. The molecular weight excluding hydrogens is 574 g/mol. The van der Waals surface area contributed by atoms with Gasteiger partial charge in [0, 0.05) is 17.6 Å². The second-order valence-corrected chi connectivity index (χ2v) is 12.3. The second kappa shape index (κ2) is 15.1. The third-order valence-corrected chi connectivity index (χ3v) is 9.15. The zero-order valence-corrected chi connectivity index (χ0v) is 26.4. The van der Waals surface area contributed by atoms with E-state index in [0.29, 0.717) is 29.4 Å². The average molecular weight is 614 g/mol. The van der Waals surface area contributed by atoms with Gasteiger partial charge in [-0.1, -0.05) is 73.5 Å². The number of sulfonamides is 1. The van der Waals surface area contributed by atoms with Crippen LogP contribution in [-0.4, -0.2) is 50.4 Å². The maximum absolute atomic E-state index is 14.3. The molecule has 3 rings (SSSR count). The lowest BCUT2D eigenvalue weighted by molar-refractivity contribution is -0.140. The summed E-state index contributed by atoms with van der Waals surface area (Å²) in [5, 5.41) is 3.41. The summed E-state index contributed by atoms with van der Waals surface area (Å²) in [4.78, 5) is 29.1. The van der Waals surface area contributed by atoms with Gasteiger partial charge in [0.1, 0.15) is 18.3 Å². The van der Waals surface area contributed by atoms with Crippen LogP contribution in [0.4, 0.5) is 5.69 Å². The minimum atomic E-state index is -4.22. The van der Waals surface area contributed by atoms with Crippen LogP contribution in [0.5, 0.6) is 5.75 Å². The predicted octanol–water partition coefficient (Wildman–Crippen LogP) is 5.96. The van der Waals surface area contributed by atoms with Gasteiger partial charge in [0.2, 0.25) is 11.8 Å². The lowest BCUT2D eigenvalue weighted by atomic mass is 10.1. The number of nitrogens with zero attached hydrogens (tertiary/aromatic N) is 2. The average Bonchev–Trinajstić information content (AvgIpc) is 2.97. The van der Waals surface area contributed by atoms with Gasteiger partial charge >= 0.3 is 0 Å². The Kier molecular flexibility index (Phi) is 11.8. The van der Waals surface area contributed by atoms with Gasteiger partial charge < -0.3 is 15.0 Å². The van der Waals surface area contributed by atoms with Crippen LogP contribution < -0.4 is 14.4 Å². The Hall–Kier alpha value is -3.56. The summed E-state index contributed by atoms with van der Waals surface area (Å²) in [7, 11) is -4.22. The molecule has 0 aliphatic rings. The monoisotopic (exact) mass is 613 g/mol. The number of carbonyl (C=O) groups is 2. The van der Waals surface area contributed by atoms with E-state index in [2.05, 4.69) is 5.32 Å². The lowest BCUT2D eigenvalue weighted by Gasteiger charge is -2.34. The molecule has 10 heteroatoms. The minimum absolute atomic E-state index is 0.0243. The van der Waals surface area contributed by atoms with E-state index in [9.17, 15) is 18.0 Å². The number of hydrogen-bond donors (Lipinski definition) is 1. The summed E-state index contributed by atoms with van der Waals surface area (Å²) >= 11 is 6.47. The molecule has 0 fully saturated rings. The van der Waals surface area contributed by atoms with Crippen molar-refractivity contribution in [1.29, 1.82) is 0 Å². The van der Waals surface area contributed by atoms with Gasteiger partial charge in [-0.15, -0.1) is 0 Å². The fraction of sp³-hybridized carbons (Fsp3) is 0.375. The van der Waals surface area contributed by atoms with Crippen LogP contribution in [0.3, 0.4) is 0 Å². The van der Waals surface area contributed by atoms with Crippen molar-refractivity contribution in [2.24, 2.45) is 0 Å². The fourth-order valence-electron chi connectivity index (χ4n) is 4.46. The number of anilines is 1. The Balaban J connectivity index is 2.12. The zero-order valence-electron chi connectivity index (χ0n) is 24.8.